The van der Waals surface area contributed by atoms with Crippen LogP contribution in [0.3, 0.4) is 0 Å². The van der Waals surface area contributed by atoms with E-state index in [0.29, 0.717) is 6.54 Å². The molecule has 10 heteroatoms. The van der Waals surface area contributed by atoms with E-state index in [1.807, 2.05) is 11.6 Å². The molecule has 116 valence electrons. The number of hydrogen-bond donors (Lipinski definition) is 3. The molecule has 0 radical (unpaired) electrons. The first-order chi connectivity index (χ1) is 9.86. The van der Waals surface area contributed by atoms with Gasteiger partial charge in [0.25, 0.3) is 10.0 Å². The molecule has 3 N–H and O–H groups in total. The zero-order valence-corrected chi connectivity index (χ0v) is 13.0. The van der Waals surface area contributed by atoms with Gasteiger partial charge in [0.05, 0.1) is 0 Å². The number of rotatable bonds is 7. The van der Waals surface area contributed by atoms with Crippen LogP contribution in [0, 0.1) is 0 Å². The van der Waals surface area contributed by atoms with Crippen molar-refractivity contribution in [1.29, 1.82) is 0 Å². The van der Waals surface area contributed by atoms with Crippen LogP contribution in [0.1, 0.15) is 19.8 Å². The quantitative estimate of drug-likeness (QED) is 0.513. The molecule has 0 saturated carbocycles. The standard InChI is InChI=1S/C11H15N2O6PS/c1-2-3-8-12-11(14)13-21(17,18)10-7-5-4-6-9(10)19-20(15)16/h4-7H,2-3,8H2,1H3,(H2-,12,13,14,15,16)/p+1. The Labute approximate surface area is 123 Å². The summed E-state index contributed by atoms with van der Waals surface area (Å²) in [6.45, 7) is 2.28. The predicted molar refractivity (Wildman–Crippen MR) is 75.5 cm³/mol. The van der Waals surface area contributed by atoms with Crippen molar-refractivity contribution in [2.24, 2.45) is 0 Å². The Bertz CT molecular complexity index is 619. The molecule has 0 spiro atoms. The van der Waals surface area contributed by atoms with Crippen molar-refractivity contribution in [1.82, 2.24) is 10.0 Å². The van der Waals surface area contributed by atoms with Gasteiger partial charge in [-0.05, 0) is 18.6 Å². The van der Waals surface area contributed by atoms with E-state index in [2.05, 4.69) is 9.84 Å². The first-order valence-corrected chi connectivity index (χ1v) is 8.72. The molecule has 0 heterocycles. The average molecular weight is 335 g/mol. The molecule has 1 aromatic carbocycles. The maximum absolute atomic E-state index is 12.0. The van der Waals surface area contributed by atoms with Gasteiger partial charge in [0.1, 0.15) is 4.90 Å². The second-order valence-electron chi connectivity index (χ2n) is 3.99. The van der Waals surface area contributed by atoms with Gasteiger partial charge in [-0.2, -0.15) is 0 Å². The van der Waals surface area contributed by atoms with Gasteiger partial charge in [-0.25, -0.2) is 22.5 Å². The van der Waals surface area contributed by atoms with Crippen LogP contribution in [0.15, 0.2) is 29.2 Å². The highest BCUT2D eigenvalue weighted by molar-refractivity contribution is 7.90. The number of sulfonamides is 1. The van der Waals surface area contributed by atoms with E-state index in [1.54, 1.807) is 0 Å². The fourth-order valence-corrected chi connectivity index (χ4v) is 2.87. The van der Waals surface area contributed by atoms with E-state index >= 15 is 0 Å². The van der Waals surface area contributed by atoms with Crippen molar-refractivity contribution in [2.75, 3.05) is 6.54 Å². The smallest absolute Gasteiger partial charge is 0.337 e. The van der Waals surface area contributed by atoms with E-state index in [0.717, 1.165) is 18.9 Å². The number of nitrogens with one attached hydrogen (secondary N) is 2. The molecule has 0 aliphatic carbocycles. The minimum Gasteiger partial charge on any atom is -0.337 e. The Kier molecular flexibility index (Phi) is 6.54. The van der Waals surface area contributed by atoms with E-state index in [-0.39, 0.29) is 5.75 Å². The summed E-state index contributed by atoms with van der Waals surface area (Å²) < 4.78 is 41.1. The second-order valence-corrected chi connectivity index (χ2v) is 6.30. The maximum Gasteiger partial charge on any atom is 0.747 e. The lowest BCUT2D eigenvalue weighted by atomic mass is 10.3. The molecule has 1 aromatic rings. The Balaban J connectivity index is 2.88. The molecular weight excluding hydrogens is 319 g/mol. The molecule has 1 rings (SSSR count). The molecule has 1 atom stereocenters. The molecule has 0 aromatic heterocycles. The summed E-state index contributed by atoms with van der Waals surface area (Å²) in [6.07, 6.45) is 1.57. The molecule has 0 aliphatic heterocycles. The highest BCUT2D eigenvalue weighted by Gasteiger charge is 2.26. The number of carbonyl (C=O) groups excluding carboxylic acids is 1. The van der Waals surface area contributed by atoms with Crippen molar-refractivity contribution in [2.45, 2.75) is 24.7 Å². The van der Waals surface area contributed by atoms with E-state index in [9.17, 15) is 17.8 Å². The summed E-state index contributed by atoms with van der Waals surface area (Å²) >= 11 is 0. The summed E-state index contributed by atoms with van der Waals surface area (Å²) in [6, 6.07) is 4.35. The maximum atomic E-state index is 12.0. The zero-order chi connectivity index (χ0) is 15.9. The normalized spacial score (nSPS) is 11.6. The van der Waals surface area contributed by atoms with Crippen LogP contribution in [0.25, 0.3) is 0 Å². The number of urea groups is 1. The Morgan fingerprint density at radius 3 is 2.67 bits per heavy atom. The van der Waals surface area contributed by atoms with E-state index < -0.39 is 29.2 Å². The first kappa shape index (κ1) is 17.4. The van der Waals surface area contributed by atoms with Crippen LogP contribution in [0.5, 0.6) is 5.75 Å². The van der Waals surface area contributed by atoms with Crippen molar-refractivity contribution in [3.05, 3.63) is 24.3 Å². The Morgan fingerprint density at radius 2 is 2.05 bits per heavy atom. The largest absolute Gasteiger partial charge is 0.747 e. The van der Waals surface area contributed by atoms with Gasteiger partial charge in [0.2, 0.25) is 5.75 Å². The fraction of sp³-hybridized carbons (Fsp3) is 0.364. The summed E-state index contributed by atoms with van der Waals surface area (Å²) in [5.74, 6) is -0.310. The first-order valence-electron chi connectivity index (χ1n) is 6.10. The van der Waals surface area contributed by atoms with Crippen LogP contribution >= 0.6 is 8.25 Å². The lowest BCUT2D eigenvalue weighted by Crippen LogP contribution is -2.39. The lowest BCUT2D eigenvalue weighted by Gasteiger charge is -2.09. The summed E-state index contributed by atoms with van der Waals surface area (Å²) in [5, 5.41) is 2.39. The summed E-state index contributed by atoms with van der Waals surface area (Å²) in [7, 11) is -7.21. The van der Waals surface area contributed by atoms with Gasteiger partial charge in [0.15, 0.2) is 0 Å². The number of para-hydroxylation sites is 1. The highest BCUT2D eigenvalue weighted by atomic mass is 32.2. The molecule has 0 aliphatic rings. The SMILES string of the molecule is CCCCNC(=O)NS(=O)(=O)c1ccccc1O[P+](=O)O. The number of carbonyl (C=O) groups is 1. The van der Waals surface area contributed by atoms with Crippen LogP contribution in [-0.4, -0.2) is 25.9 Å². The third-order valence-electron chi connectivity index (χ3n) is 2.36. The Morgan fingerprint density at radius 1 is 1.38 bits per heavy atom. The third-order valence-corrected chi connectivity index (χ3v) is 4.08. The van der Waals surface area contributed by atoms with Gasteiger partial charge in [-0.15, -0.1) is 4.89 Å². The van der Waals surface area contributed by atoms with Crippen molar-refractivity contribution in [3.63, 3.8) is 0 Å². The fourth-order valence-electron chi connectivity index (χ4n) is 1.42. The highest BCUT2D eigenvalue weighted by Crippen LogP contribution is 2.29. The summed E-state index contributed by atoms with van der Waals surface area (Å²) in [5.41, 5.74) is 0. The van der Waals surface area contributed by atoms with Crippen molar-refractivity contribution >= 4 is 24.3 Å². The minimum absolute atomic E-state index is 0.310. The molecule has 0 fully saturated rings. The minimum atomic E-state index is -4.20. The Hall–Kier alpha value is -1.70. The summed E-state index contributed by atoms with van der Waals surface area (Å²) in [4.78, 5) is 19.8. The molecule has 0 saturated heterocycles. The van der Waals surface area contributed by atoms with Gasteiger partial charge >= 0.3 is 14.3 Å². The molecule has 21 heavy (non-hydrogen) atoms. The van der Waals surface area contributed by atoms with Gasteiger partial charge in [0, 0.05) is 11.1 Å². The molecule has 8 nitrogen and oxygen atoms in total. The van der Waals surface area contributed by atoms with E-state index in [4.69, 9.17) is 4.89 Å². The van der Waals surface area contributed by atoms with Crippen molar-refractivity contribution < 1.29 is 27.2 Å². The number of benzene rings is 1. The monoisotopic (exact) mass is 335 g/mol. The number of unbranched alkanes of at least 4 members (excludes halogenated alkanes) is 1. The molecule has 2 amide bonds. The van der Waals surface area contributed by atoms with Crippen LogP contribution in [-0.2, 0) is 14.6 Å². The van der Waals surface area contributed by atoms with Gasteiger partial charge in [-0.1, -0.05) is 25.5 Å². The average Bonchev–Trinajstić information content (AvgIpc) is 2.38. The lowest BCUT2D eigenvalue weighted by molar-refractivity contribution is 0.245. The number of hydrogen-bond acceptors (Lipinski definition) is 5. The van der Waals surface area contributed by atoms with Crippen LogP contribution in [0.2, 0.25) is 0 Å². The predicted octanol–water partition coefficient (Wildman–Crippen LogP) is 1.50. The zero-order valence-electron chi connectivity index (χ0n) is 11.3. The number of amides is 2. The van der Waals surface area contributed by atoms with E-state index in [1.165, 1.54) is 18.2 Å². The third kappa shape index (κ3) is 5.66. The van der Waals surface area contributed by atoms with Crippen LogP contribution < -0.4 is 14.6 Å². The van der Waals surface area contributed by atoms with Crippen molar-refractivity contribution in [3.8, 4) is 5.75 Å². The molecular formula is C11H16N2O6PS+. The molecule has 0 bridgehead atoms. The second kappa shape index (κ2) is 7.92. The van der Waals surface area contributed by atoms with Crippen LogP contribution in [0.4, 0.5) is 4.79 Å². The molecule has 1 unspecified atom stereocenters. The topological polar surface area (TPSA) is 122 Å². The van der Waals surface area contributed by atoms with Gasteiger partial charge in [-0.3, -0.25) is 0 Å². The van der Waals surface area contributed by atoms with Gasteiger partial charge < -0.3 is 5.32 Å².